The van der Waals surface area contributed by atoms with Gasteiger partial charge in [0.05, 0.1) is 11.1 Å². The molecule has 0 aliphatic heterocycles. The van der Waals surface area contributed by atoms with E-state index in [0.29, 0.717) is 23.6 Å². The van der Waals surface area contributed by atoms with Crippen LogP contribution < -0.4 is 5.32 Å². The minimum atomic E-state index is -4.42. The predicted octanol–water partition coefficient (Wildman–Crippen LogP) is 5.65. The zero-order valence-corrected chi connectivity index (χ0v) is 18.6. The highest BCUT2D eigenvalue weighted by Gasteiger charge is 2.30. The molecule has 3 rings (SSSR count). The van der Waals surface area contributed by atoms with Crippen molar-refractivity contribution in [1.82, 2.24) is 20.1 Å². The Labute approximate surface area is 188 Å². The molecule has 0 atom stereocenters. The molecule has 0 unspecified atom stereocenters. The van der Waals surface area contributed by atoms with Crippen LogP contribution in [0.25, 0.3) is 11.5 Å². The third kappa shape index (κ3) is 6.43. The fourth-order valence-electron chi connectivity index (χ4n) is 2.78. The van der Waals surface area contributed by atoms with E-state index in [4.69, 9.17) is 9.15 Å². The number of benzene rings is 1. The van der Waals surface area contributed by atoms with Crippen molar-refractivity contribution in [3.8, 4) is 11.5 Å². The van der Waals surface area contributed by atoms with E-state index < -0.39 is 23.4 Å². The highest BCUT2D eigenvalue weighted by atomic mass is 19.4. The lowest BCUT2D eigenvalue weighted by Crippen LogP contribution is -2.36. The molecule has 2 aromatic heterocycles. The number of halogens is 3. The van der Waals surface area contributed by atoms with E-state index in [0.717, 1.165) is 12.1 Å². The topological polar surface area (TPSA) is 93.4 Å². The Kier molecular flexibility index (Phi) is 6.89. The summed E-state index contributed by atoms with van der Waals surface area (Å²) in [6, 6.07) is 7.91. The number of rotatable bonds is 6. The Bertz CT molecular complexity index is 1090. The van der Waals surface area contributed by atoms with Crippen LogP contribution >= 0.6 is 0 Å². The molecule has 0 radical (unpaired) electrons. The number of alkyl halides is 3. The first-order chi connectivity index (χ1) is 15.5. The van der Waals surface area contributed by atoms with Gasteiger partial charge in [-0.2, -0.15) is 13.2 Å². The first-order valence-corrected chi connectivity index (χ1v) is 10.2. The highest BCUT2D eigenvalue weighted by Crippen LogP contribution is 2.32. The average molecular weight is 463 g/mol. The Morgan fingerprint density at radius 1 is 1.12 bits per heavy atom. The number of amides is 1. The summed E-state index contributed by atoms with van der Waals surface area (Å²) in [5, 5.41) is 11.0. The van der Waals surface area contributed by atoms with Crippen LogP contribution in [0.5, 0.6) is 0 Å². The number of nitrogens with zero attached hydrogens (tertiary/aromatic N) is 4. The van der Waals surface area contributed by atoms with Gasteiger partial charge in [-0.25, -0.2) is 9.78 Å². The number of hydrogen-bond donors (Lipinski definition) is 1. The summed E-state index contributed by atoms with van der Waals surface area (Å²) in [6.07, 6.45) is -3.40. The smallest absolute Gasteiger partial charge is 0.416 e. The summed E-state index contributed by atoms with van der Waals surface area (Å²) in [4.78, 5) is 18.0. The van der Waals surface area contributed by atoms with Gasteiger partial charge < -0.3 is 14.5 Å². The molecule has 176 valence electrons. The molecule has 0 aliphatic rings. The lowest BCUT2D eigenvalue weighted by molar-refractivity contribution is -0.137. The molecule has 1 aromatic carbocycles. The van der Waals surface area contributed by atoms with Crippen LogP contribution in [0.1, 0.15) is 39.1 Å². The standard InChI is InChI=1S/C22H24F3N5O3/c1-5-30(20(31)33-21(2,3)4)13-17-28-29-19(32-17)16-7-6-12-26-18(16)27-15-10-8-14(9-11-15)22(23,24)25/h6-12H,5,13H2,1-4H3,(H,26,27). The van der Waals surface area contributed by atoms with E-state index >= 15 is 0 Å². The van der Waals surface area contributed by atoms with E-state index in [1.165, 1.54) is 23.2 Å². The number of carbonyl (C=O) groups is 1. The van der Waals surface area contributed by atoms with E-state index in [2.05, 4.69) is 20.5 Å². The number of pyridine rings is 1. The molecule has 2 heterocycles. The predicted molar refractivity (Wildman–Crippen MR) is 115 cm³/mol. The summed E-state index contributed by atoms with van der Waals surface area (Å²) in [6.45, 7) is 7.56. The van der Waals surface area contributed by atoms with Crippen molar-refractivity contribution >= 4 is 17.6 Å². The third-order valence-corrected chi connectivity index (χ3v) is 4.34. The minimum Gasteiger partial charge on any atom is -0.444 e. The molecule has 1 amide bonds. The van der Waals surface area contributed by atoms with Crippen LogP contribution in [0.2, 0.25) is 0 Å². The van der Waals surface area contributed by atoms with Gasteiger partial charge in [-0.05, 0) is 64.1 Å². The molecule has 11 heteroatoms. The van der Waals surface area contributed by atoms with Gasteiger partial charge >= 0.3 is 12.3 Å². The van der Waals surface area contributed by atoms with Crippen molar-refractivity contribution in [2.45, 2.75) is 46.0 Å². The van der Waals surface area contributed by atoms with Crippen molar-refractivity contribution < 1.29 is 27.1 Å². The Morgan fingerprint density at radius 3 is 2.42 bits per heavy atom. The van der Waals surface area contributed by atoms with Crippen LogP contribution in [0.15, 0.2) is 47.0 Å². The maximum Gasteiger partial charge on any atom is 0.416 e. The second-order valence-corrected chi connectivity index (χ2v) is 8.10. The summed E-state index contributed by atoms with van der Waals surface area (Å²) in [5.74, 6) is 0.668. The fraction of sp³-hybridized carbons (Fsp3) is 0.364. The molecule has 1 N–H and O–H groups in total. The van der Waals surface area contributed by atoms with Gasteiger partial charge in [0, 0.05) is 18.4 Å². The first kappa shape index (κ1) is 24.0. The quantitative estimate of drug-likeness (QED) is 0.505. The molecule has 0 fully saturated rings. The monoisotopic (exact) mass is 463 g/mol. The molecular formula is C22H24F3N5O3. The van der Waals surface area contributed by atoms with E-state index in [1.807, 2.05) is 0 Å². The molecule has 3 aromatic rings. The molecule has 0 bridgehead atoms. The van der Waals surface area contributed by atoms with Crippen LogP contribution in [0.3, 0.4) is 0 Å². The normalized spacial score (nSPS) is 11.8. The molecular weight excluding hydrogens is 439 g/mol. The first-order valence-electron chi connectivity index (χ1n) is 10.2. The lowest BCUT2D eigenvalue weighted by atomic mass is 10.2. The van der Waals surface area contributed by atoms with Gasteiger partial charge in [0.15, 0.2) is 0 Å². The maximum absolute atomic E-state index is 12.8. The molecule has 0 saturated heterocycles. The lowest BCUT2D eigenvalue weighted by Gasteiger charge is -2.25. The Hall–Kier alpha value is -3.63. The van der Waals surface area contributed by atoms with Gasteiger partial charge in [-0.15, -0.1) is 10.2 Å². The zero-order valence-electron chi connectivity index (χ0n) is 18.6. The van der Waals surface area contributed by atoms with E-state index in [9.17, 15) is 18.0 Å². The van der Waals surface area contributed by atoms with E-state index in [-0.39, 0.29) is 18.3 Å². The van der Waals surface area contributed by atoms with Gasteiger partial charge in [0.1, 0.15) is 18.0 Å². The number of nitrogens with one attached hydrogen (secondary N) is 1. The largest absolute Gasteiger partial charge is 0.444 e. The third-order valence-electron chi connectivity index (χ3n) is 4.34. The summed E-state index contributed by atoms with van der Waals surface area (Å²) >= 11 is 0. The van der Waals surface area contributed by atoms with Gasteiger partial charge in [0.25, 0.3) is 5.89 Å². The highest BCUT2D eigenvalue weighted by molar-refractivity contribution is 5.73. The number of hydrogen-bond acceptors (Lipinski definition) is 7. The average Bonchev–Trinajstić information content (AvgIpc) is 3.19. The number of anilines is 2. The summed E-state index contributed by atoms with van der Waals surface area (Å²) < 4.78 is 49.5. The second kappa shape index (κ2) is 9.47. The van der Waals surface area contributed by atoms with Crippen LogP contribution in [-0.4, -0.2) is 38.3 Å². The summed E-state index contributed by atoms with van der Waals surface area (Å²) in [7, 11) is 0. The van der Waals surface area contributed by atoms with Crippen LogP contribution in [0, 0.1) is 0 Å². The van der Waals surface area contributed by atoms with Crippen molar-refractivity contribution in [3.63, 3.8) is 0 Å². The number of ether oxygens (including phenoxy) is 1. The molecule has 0 saturated carbocycles. The maximum atomic E-state index is 12.8. The van der Waals surface area contributed by atoms with Gasteiger partial charge in [-0.1, -0.05) is 0 Å². The van der Waals surface area contributed by atoms with Gasteiger partial charge in [0.2, 0.25) is 5.89 Å². The molecule has 0 aliphatic carbocycles. The molecule has 0 spiro atoms. The van der Waals surface area contributed by atoms with Gasteiger partial charge in [-0.3, -0.25) is 4.90 Å². The van der Waals surface area contributed by atoms with Crippen molar-refractivity contribution in [2.75, 3.05) is 11.9 Å². The zero-order chi connectivity index (χ0) is 24.2. The number of carbonyl (C=O) groups excluding carboxylic acids is 1. The van der Waals surface area contributed by atoms with Crippen molar-refractivity contribution in [2.24, 2.45) is 0 Å². The summed E-state index contributed by atoms with van der Waals surface area (Å²) in [5.41, 5.74) is -0.526. The molecule has 33 heavy (non-hydrogen) atoms. The van der Waals surface area contributed by atoms with Crippen LogP contribution in [-0.2, 0) is 17.5 Å². The van der Waals surface area contributed by atoms with Crippen molar-refractivity contribution in [1.29, 1.82) is 0 Å². The Balaban J connectivity index is 1.77. The minimum absolute atomic E-state index is 0.0559. The van der Waals surface area contributed by atoms with Crippen molar-refractivity contribution in [3.05, 3.63) is 54.0 Å². The Morgan fingerprint density at radius 2 is 1.82 bits per heavy atom. The fourth-order valence-corrected chi connectivity index (χ4v) is 2.78. The number of aromatic nitrogens is 3. The van der Waals surface area contributed by atoms with E-state index in [1.54, 1.807) is 39.8 Å². The van der Waals surface area contributed by atoms with Crippen LogP contribution in [0.4, 0.5) is 29.5 Å². The SMILES string of the molecule is CCN(Cc1nnc(-c2cccnc2Nc2ccc(C(F)(F)F)cc2)o1)C(=O)OC(C)(C)C. The second-order valence-electron chi connectivity index (χ2n) is 8.10. The molecule has 8 nitrogen and oxygen atoms in total.